The number of hydrogen-bond acceptors (Lipinski definition) is 5. The van der Waals surface area contributed by atoms with Crippen LogP contribution in [0.25, 0.3) is 5.76 Å². The van der Waals surface area contributed by atoms with Crippen molar-refractivity contribution in [3.05, 3.63) is 65.2 Å². The number of benzene rings is 2. The predicted octanol–water partition coefficient (Wildman–Crippen LogP) is 7.55. The van der Waals surface area contributed by atoms with Gasteiger partial charge in [-0.1, -0.05) is 89.0 Å². The largest absolute Gasteiger partial charge is 0.506 e. The first-order valence-electron chi connectivity index (χ1n) is 13.7. The van der Waals surface area contributed by atoms with Crippen LogP contribution in [-0.2, 0) is 4.79 Å². The summed E-state index contributed by atoms with van der Waals surface area (Å²) in [6.45, 7) is 5.12. The molecule has 2 N–H and O–H groups in total. The van der Waals surface area contributed by atoms with Crippen molar-refractivity contribution in [1.29, 1.82) is 0 Å². The molecule has 0 heterocycles. The Morgan fingerprint density at radius 2 is 1.43 bits per heavy atom. The molecule has 0 radical (unpaired) electrons. The number of nitrogens with one attached hydrogen (secondary N) is 1. The SMILES string of the molecule is CCCCCCCCCCCCN=C1C(=O)c2ccccc2C(O)=C1C(=O)Nc1ccc(OCC)cc1. The lowest BCUT2D eigenvalue weighted by atomic mass is 9.87. The molecular weight excluding hydrogens is 464 g/mol. The molecule has 3 rings (SSSR count). The fourth-order valence-corrected chi connectivity index (χ4v) is 4.53. The Hall–Kier alpha value is -3.41. The van der Waals surface area contributed by atoms with E-state index in [1.165, 1.54) is 44.9 Å². The van der Waals surface area contributed by atoms with Gasteiger partial charge in [-0.25, -0.2) is 0 Å². The number of ether oxygens (including phenoxy) is 1. The summed E-state index contributed by atoms with van der Waals surface area (Å²) in [4.78, 5) is 31.1. The average molecular weight is 505 g/mol. The fraction of sp³-hybridized carbons (Fsp3) is 0.452. The van der Waals surface area contributed by atoms with Gasteiger partial charge in [0.15, 0.2) is 0 Å². The second-order valence-electron chi connectivity index (χ2n) is 9.42. The highest BCUT2D eigenvalue weighted by atomic mass is 16.5. The highest BCUT2D eigenvalue weighted by molar-refractivity contribution is 6.59. The molecule has 0 unspecified atom stereocenters. The van der Waals surface area contributed by atoms with Gasteiger partial charge in [-0.05, 0) is 37.6 Å². The molecule has 2 aromatic carbocycles. The lowest BCUT2D eigenvalue weighted by molar-refractivity contribution is -0.112. The van der Waals surface area contributed by atoms with Gasteiger partial charge in [-0.2, -0.15) is 0 Å². The van der Waals surface area contributed by atoms with Crippen LogP contribution in [0.15, 0.2) is 59.1 Å². The van der Waals surface area contributed by atoms with Crippen LogP contribution in [0, 0.1) is 0 Å². The number of fused-ring (bicyclic) bond motifs is 1. The number of nitrogens with zero attached hydrogens (tertiary/aromatic N) is 1. The van der Waals surface area contributed by atoms with E-state index in [0.29, 0.717) is 35.7 Å². The highest BCUT2D eigenvalue weighted by Gasteiger charge is 2.34. The second kappa shape index (κ2) is 15.0. The molecule has 198 valence electrons. The molecule has 0 aromatic heterocycles. The highest BCUT2D eigenvalue weighted by Crippen LogP contribution is 2.29. The second-order valence-corrected chi connectivity index (χ2v) is 9.42. The standard InChI is InChI=1S/C31H40N2O4/c1-3-5-6-7-8-9-10-11-12-15-22-32-28-27(29(34)25-16-13-14-17-26(25)30(28)35)31(36)33-23-18-20-24(21-19-23)37-4-2/h13-14,16-21,34H,3-12,15,22H2,1-2H3,(H,33,36). The van der Waals surface area contributed by atoms with Crippen molar-refractivity contribution in [3.63, 3.8) is 0 Å². The van der Waals surface area contributed by atoms with Crippen LogP contribution < -0.4 is 10.1 Å². The third-order valence-electron chi connectivity index (χ3n) is 6.55. The number of unbranched alkanes of at least 4 members (excludes halogenated alkanes) is 9. The van der Waals surface area contributed by atoms with E-state index in [1.54, 1.807) is 48.5 Å². The van der Waals surface area contributed by atoms with Gasteiger partial charge in [0.2, 0.25) is 5.78 Å². The first-order valence-corrected chi connectivity index (χ1v) is 13.7. The van der Waals surface area contributed by atoms with Crippen LogP contribution >= 0.6 is 0 Å². The first-order chi connectivity index (χ1) is 18.1. The van der Waals surface area contributed by atoms with E-state index in [4.69, 9.17) is 4.74 Å². The van der Waals surface area contributed by atoms with Gasteiger partial charge >= 0.3 is 0 Å². The molecule has 0 bridgehead atoms. The van der Waals surface area contributed by atoms with Crippen LogP contribution in [0.4, 0.5) is 5.69 Å². The zero-order chi connectivity index (χ0) is 26.5. The van der Waals surface area contributed by atoms with Crippen molar-refractivity contribution in [2.75, 3.05) is 18.5 Å². The van der Waals surface area contributed by atoms with Gasteiger partial charge in [0, 0.05) is 23.4 Å². The number of aliphatic imine (C=N–C) groups is 1. The summed E-state index contributed by atoms with van der Waals surface area (Å²) in [6, 6.07) is 13.7. The Bertz CT molecular complexity index is 1100. The number of Topliss-reactive ketones (excluding diaryl/α,β-unsaturated/α-hetero) is 1. The van der Waals surface area contributed by atoms with Crippen molar-refractivity contribution >= 4 is 28.8 Å². The molecule has 0 atom stereocenters. The maximum Gasteiger partial charge on any atom is 0.261 e. The Labute approximate surface area is 220 Å². The number of aliphatic hydroxyl groups is 1. The number of amides is 1. The Balaban J connectivity index is 1.65. The van der Waals surface area contributed by atoms with Gasteiger partial charge in [-0.15, -0.1) is 0 Å². The van der Waals surface area contributed by atoms with E-state index in [-0.39, 0.29) is 22.8 Å². The quantitative estimate of drug-likeness (QED) is 0.245. The van der Waals surface area contributed by atoms with Gasteiger partial charge in [0.1, 0.15) is 22.8 Å². The average Bonchev–Trinajstić information content (AvgIpc) is 2.91. The van der Waals surface area contributed by atoms with Crippen molar-refractivity contribution in [2.24, 2.45) is 4.99 Å². The molecule has 0 saturated heterocycles. The third kappa shape index (κ3) is 8.04. The number of ketones is 1. The predicted molar refractivity (Wildman–Crippen MR) is 151 cm³/mol. The Morgan fingerprint density at radius 1 is 0.838 bits per heavy atom. The van der Waals surface area contributed by atoms with E-state index < -0.39 is 5.91 Å². The number of carbonyl (C=O) groups is 2. The maximum absolute atomic E-state index is 13.3. The van der Waals surface area contributed by atoms with Gasteiger partial charge in [0.25, 0.3) is 5.91 Å². The Morgan fingerprint density at radius 3 is 2.05 bits per heavy atom. The van der Waals surface area contributed by atoms with Gasteiger partial charge in [-0.3, -0.25) is 14.6 Å². The number of aliphatic hydroxyl groups excluding tert-OH is 1. The molecule has 1 aliphatic rings. The van der Waals surface area contributed by atoms with Gasteiger partial charge in [0.05, 0.1) is 6.61 Å². The normalized spacial score (nSPS) is 14.1. The summed E-state index contributed by atoms with van der Waals surface area (Å²) >= 11 is 0. The topological polar surface area (TPSA) is 88.0 Å². The monoisotopic (exact) mass is 504 g/mol. The molecule has 2 aromatic rings. The minimum Gasteiger partial charge on any atom is -0.506 e. The smallest absolute Gasteiger partial charge is 0.261 e. The molecule has 0 aliphatic heterocycles. The van der Waals surface area contributed by atoms with E-state index in [9.17, 15) is 14.7 Å². The van der Waals surface area contributed by atoms with E-state index in [2.05, 4.69) is 17.2 Å². The molecule has 0 spiro atoms. The van der Waals surface area contributed by atoms with Crippen LogP contribution in [0.1, 0.15) is 94.0 Å². The Kier molecular flexibility index (Phi) is 11.4. The summed E-state index contributed by atoms with van der Waals surface area (Å²) in [5, 5.41) is 13.8. The van der Waals surface area contributed by atoms with Crippen molar-refractivity contribution in [2.45, 2.75) is 78.1 Å². The van der Waals surface area contributed by atoms with Crippen LogP contribution in [0.2, 0.25) is 0 Å². The van der Waals surface area contributed by atoms with E-state index >= 15 is 0 Å². The van der Waals surface area contributed by atoms with Crippen LogP contribution in [0.5, 0.6) is 5.75 Å². The molecule has 37 heavy (non-hydrogen) atoms. The minimum atomic E-state index is -0.564. The number of rotatable bonds is 15. The lowest BCUT2D eigenvalue weighted by Gasteiger charge is -2.20. The maximum atomic E-state index is 13.3. The summed E-state index contributed by atoms with van der Waals surface area (Å²) in [6.07, 6.45) is 12.0. The zero-order valence-corrected chi connectivity index (χ0v) is 22.2. The lowest BCUT2D eigenvalue weighted by Crippen LogP contribution is -2.32. The zero-order valence-electron chi connectivity index (χ0n) is 22.2. The van der Waals surface area contributed by atoms with Crippen LogP contribution in [0.3, 0.4) is 0 Å². The molecule has 0 saturated carbocycles. The fourth-order valence-electron chi connectivity index (χ4n) is 4.53. The molecule has 6 nitrogen and oxygen atoms in total. The number of anilines is 1. The molecular formula is C31H40N2O4. The molecule has 1 aliphatic carbocycles. The minimum absolute atomic E-state index is 0.0237. The van der Waals surface area contributed by atoms with Crippen molar-refractivity contribution in [1.82, 2.24) is 0 Å². The van der Waals surface area contributed by atoms with E-state index in [0.717, 1.165) is 19.3 Å². The first kappa shape index (κ1) is 28.2. The van der Waals surface area contributed by atoms with Crippen LogP contribution in [-0.4, -0.2) is 35.7 Å². The molecule has 6 heteroatoms. The number of hydrogen-bond donors (Lipinski definition) is 2. The summed E-state index contributed by atoms with van der Waals surface area (Å²) in [5.41, 5.74) is 1.19. The molecule has 0 fully saturated rings. The van der Waals surface area contributed by atoms with E-state index in [1.807, 2.05) is 6.92 Å². The third-order valence-corrected chi connectivity index (χ3v) is 6.55. The van der Waals surface area contributed by atoms with Crippen molar-refractivity contribution < 1.29 is 19.4 Å². The number of carbonyl (C=O) groups excluding carboxylic acids is 2. The molecule has 1 amide bonds. The summed E-state index contributed by atoms with van der Waals surface area (Å²) in [5.74, 6) is -0.424. The van der Waals surface area contributed by atoms with Gasteiger partial charge < -0.3 is 15.2 Å². The van der Waals surface area contributed by atoms with Crippen molar-refractivity contribution in [3.8, 4) is 5.75 Å². The summed E-state index contributed by atoms with van der Waals surface area (Å²) in [7, 11) is 0. The summed E-state index contributed by atoms with van der Waals surface area (Å²) < 4.78 is 5.45.